The van der Waals surface area contributed by atoms with Gasteiger partial charge in [-0.25, -0.2) is 0 Å². The lowest BCUT2D eigenvalue weighted by molar-refractivity contribution is -0.139. The Hall–Kier alpha value is -1.42. The van der Waals surface area contributed by atoms with Crippen molar-refractivity contribution in [1.82, 2.24) is 4.98 Å². The third-order valence-electron chi connectivity index (χ3n) is 1.79. The van der Waals surface area contributed by atoms with E-state index in [1.165, 1.54) is 6.20 Å². The van der Waals surface area contributed by atoms with Gasteiger partial charge in [-0.1, -0.05) is 0 Å². The number of carbonyl (C=O) groups is 1. The minimum Gasteiger partial charge on any atom is -0.481 e. The summed E-state index contributed by atoms with van der Waals surface area (Å²) in [5, 5.41) is 17.9. The average Bonchev–Trinajstić information content (AvgIpc) is 2.03. The highest BCUT2D eigenvalue weighted by Crippen LogP contribution is 2.18. The number of aryl methyl sites for hydroxylation is 1. The summed E-state index contributed by atoms with van der Waals surface area (Å²) in [6.45, 7) is 1.79. The van der Waals surface area contributed by atoms with Gasteiger partial charge in [0.05, 0.1) is 12.5 Å². The zero-order valence-corrected chi connectivity index (χ0v) is 7.27. The summed E-state index contributed by atoms with van der Waals surface area (Å²) in [6, 6.07) is 1.63. The van der Waals surface area contributed by atoms with E-state index in [9.17, 15) is 9.90 Å². The number of hydrogen-bond acceptors (Lipinski definition) is 3. The molecule has 4 nitrogen and oxygen atoms in total. The Bertz CT molecular complexity index is 311. The second-order valence-electron chi connectivity index (χ2n) is 2.85. The summed E-state index contributed by atoms with van der Waals surface area (Å²) >= 11 is 0. The van der Waals surface area contributed by atoms with Crippen molar-refractivity contribution in [2.24, 2.45) is 0 Å². The fourth-order valence-electron chi connectivity index (χ4n) is 1.13. The van der Waals surface area contributed by atoms with Crippen LogP contribution in [-0.2, 0) is 4.79 Å². The fraction of sp³-hybridized carbons (Fsp3) is 0.333. The van der Waals surface area contributed by atoms with Crippen molar-refractivity contribution < 1.29 is 15.0 Å². The van der Waals surface area contributed by atoms with Crippen molar-refractivity contribution in [1.29, 1.82) is 0 Å². The molecule has 0 fully saturated rings. The first kappa shape index (κ1) is 9.67. The van der Waals surface area contributed by atoms with E-state index in [-0.39, 0.29) is 6.42 Å². The second kappa shape index (κ2) is 4.00. The zero-order chi connectivity index (χ0) is 9.84. The molecule has 1 atom stereocenters. The molecule has 0 radical (unpaired) electrons. The monoisotopic (exact) mass is 181 g/mol. The summed E-state index contributed by atoms with van der Waals surface area (Å²) in [5.41, 5.74) is 1.42. The third kappa shape index (κ3) is 2.52. The number of rotatable bonds is 3. The Kier molecular flexibility index (Phi) is 2.97. The van der Waals surface area contributed by atoms with Crippen molar-refractivity contribution in [3.8, 4) is 0 Å². The average molecular weight is 181 g/mol. The molecule has 1 heterocycles. The number of carboxylic acid groups (broad SMARTS) is 1. The predicted octanol–water partition coefficient (Wildman–Crippen LogP) is 0.898. The van der Waals surface area contributed by atoms with E-state index >= 15 is 0 Å². The van der Waals surface area contributed by atoms with Gasteiger partial charge in [0.25, 0.3) is 0 Å². The highest BCUT2D eigenvalue weighted by molar-refractivity contribution is 5.67. The Morgan fingerprint density at radius 1 is 1.69 bits per heavy atom. The van der Waals surface area contributed by atoms with Crippen LogP contribution in [0.3, 0.4) is 0 Å². The maximum Gasteiger partial charge on any atom is 0.306 e. The lowest BCUT2D eigenvalue weighted by atomic mass is 10.0. The van der Waals surface area contributed by atoms with Crippen LogP contribution in [0, 0.1) is 6.92 Å². The molecule has 1 rings (SSSR count). The molecule has 1 aromatic rings. The summed E-state index contributed by atoms with van der Waals surface area (Å²) in [7, 11) is 0. The van der Waals surface area contributed by atoms with Gasteiger partial charge in [0.15, 0.2) is 0 Å². The van der Waals surface area contributed by atoms with E-state index in [2.05, 4.69) is 4.98 Å². The van der Waals surface area contributed by atoms with Crippen LogP contribution in [0.2, 0.25) is 0 Å². The van der Waals surface area contributed by atoms with Crippen molar-refractivity contribution in [2.45, 2.75) is 19.4 Å². The first-order chi connectivity index (χ1) is 6.11. The van der Waals surface area contributed by atoms with Crippen LogP contribution in [0.15, 0.2) is 18.5 Å². The van der Waals surface area contributed by atoms with Crippen molar-refractivity contribution >= 4 is 5.97 Å². The zero-order valence-electron chi connectivity index (χ0n) is 7.27. The van der Waals surface area contributed by atoms with E-state index in [1.807, 2.05) is 0 Å². The Morgan fingerprint density at radius 2 is 2.38 bits per heavy atom. The molecular formula is C9H11NO3. The molecule has 2 N–H and O–H groups in total. The van der Waals surface area contributed by atoms with Crippen molar-refractivity contribution in [2.75, 3.05) is 0 Å². The lowest BCUT2D eigenvalue weighted by Crippen LogP contribution is -2.06. The van der Waals surface area contributed by atoms with Crippen molar-refractivity contribution in [3.63, 3.8) is 0 Å². The summed E-state index contributed by atoms with van der Waals surface area (Å²) in [5.74, 6) is -1.01. The molecule has 0 saturated carbocycles. The molecule has 0 aliphatic heterocycles. The van der Waals surface area contributed by atoms with Crippen LogP contribution in [-0.4, -0.2) is 21.2 Å². The Labute approximate surface area is 75.9 Å². The number of carboxylic acids is 1. The minimum absolute atomic E-state index is 0.273. The van der Waals surface area contributed by atoms with Gasteiger partial charge in [0, 0.05) is 12.4 Å². The van der Waals surface area contributed by atoms with Crippen LogP contribution in [0.4, 0.5) is 0 Å². The lowest BCUT2D eigenvalue weighted by Gasteiger charge is -2.10. The molecule has 4 heteroatoms. The number of aliphatic carboxylic acids is 1. The molecule has 0 aromatic carbocycles. The number of aliphatic hydroxyl groups is 1. The standard InChI is InChI=1S/C9H11NO3/c1-6-5-10-3-2-7(6)8(11)4-9(12)13/h2-3,5,8,11H,4H2,1H3,(H,12,13). The van der Waals surface area contributed by atoms with E-state index in [1.54, 1.807) is 19.2 Å². The predicted molar refractivity (Wildman–Crippen MR) is 46.2 cm³/mol. The number of pyridine rings is 1. The molecule has 0 spiro atoms. The smallest absolute Gasteiger partial charge is 0.306 e. The van der Waals surface area contributed by atoms with E-state index < -0.39 is 12.1 Å². The highest BCUT2D eigenvalue weighted by atomic mass is 16.4. The van der Waals surface area contributed by atoms with Gasteiger partial charge in [0.2, 0.25) is 0 Å². The van der Waals surface area contributed by atoms with Crippen LogP contribution >= 0.6 is 0 Å². The summed E-state index contributed by atoms with van der Waals surface area (Å²) in [6.07, 6.45) is 1.92. The number of hydrogen-bond donors (Lipinski definition) is 2. The molecule has 0 aliphatic carbocycles. The number of aliphatic hydroxyl groups excluding tert-OH is 1. The third-order valence-corrected chi connectivity index (χ3v) is 1.79. The minimum atomic E-state index is -1.01. The molecule has 1 aromatic heterocycles. The van der Waals surface area contributed by atoms with Gasteiger partial charge in [-0.2, -0.15) is 0 Å². The quantitative estimate of drug-likeness (QED) is 0.726. The molecule has 0 bridgehead atoms. The van der Waals surface area contributed by atoms with Crippen LogP contribution in [0.5, 0.6) is 0 Å². The van der Waals surface area contributed by atoms with E-state index in [4.69, 9.17) is 5.11 Å². The van der Waals surface area contributed by atoms with Gasteiger partial charge in [-0.3, -0.25) is 9.78 Å². The molecule has 0 aliphatic rings. The summed E-state index contributed by atoms with van der Waals surface area (Å²) in [4.78, 5) is 14.2. The van der Waals surface area contributed by atoms with Crippen molar-refractivity contribution in [3.05, 3.63) is 29.6 Å². The van der Waals surface area contributed by atoms with E-state index in [0.29, 0.717) is 5.56 Å². The molecular weight excluding hydrogens is 170 g/mol. The normalized spacial score (nSPS) is 12.5. The highest BCUT2D eigenvalue weighted by Gasteiger charge is 2.13. The van der Waals surface area contributed by atoms with Crippen LogP contribution < -0.4 is 0 Å². The maximum atomic E-state index is 10.3. The molecule has 0 saturated heterocycles. The molecule has 70 valence electrons. The topological polar surface area (TPSA) is 70.4 Å². The fourth-order valence-corrected chi connectivity index (χ4v) is 1.13. The van der Waals surface area contributed by atoms with Gasteiger partial charge < -0.3 is 10.2 Å². The second-order valence-corrected chi connectivity index (χ2v) is 2.85. The number of aromatic nitrogens is 1. The Morgan fingerprint density at radius 3 is 2.92 bits per heavy atom. The first-order valence-electron chi connectivity index (χ1n) is 3.91. The largest absolute Gasteiger partial charge is 0.481 e. The molecule has 13 heavy (non-hydrogen) atoms. The van der Waals surface area contributed by atoms with Gasteiger partial charge in [-0.15, -0.1) is 0 Å². The SMILES string of the molecule is Cc1cnccc1C(O)CC(=O)O. The van der Waals surface area contributed by atoms with Gasteiger partial charge in [0.1, 0.15) is 0 Å². The van der Waals surface area contributed by atoms with Gasteiger partial charge in [-0.05, 0) is 24.1 Å². The number of nitrogens with zero attached hydrogens (tertiary/aromatic N) is 1. The molecule has 1 unspecified atom stereocenters. The summed E-state index contributed by atoms with van der Waals surface area (Å²) < 4.78 is 0. The Balaban J connectivity index is 2.82. The van der Waals surface area contributed by atoms with Crippen LogP contribution in [0.25, 0.3) is 0 Å². The van der Waals surface area contributed by atoms with Gasteiger partial charge >= 0.3 is 5.97 Å². The van der Waals surface area contributed by atoms with E-state index in [0.717, 1.165) is 5.56 Å². The molecule has 0 amide bonds. The first-order valence-corrected chi connectivity index (χ1v) is 3.91. The van der Waals surface area contributed by atoms with Crippen LogP contribution in [0.1, 0.15) is 23.7 Å². The maximum absolute atomic E-state index is 10.3.